The molecule has 0 heterocycles. The molecule has 0 aromatic heterocycles. The maximum Gasteiger partial charge on any atom is 0.220 e. The highest BCUT2D eigenvalue weighted by Gasteiger charge is 2.13. The van der Waals surface area contributed by atoms with Crippen molar-refractivity contribution in [2.24, 2.45) is 5.92 Å². The largest absolute Gasteiger partial charge is 0.353 e. The summed E-state index contributed by atoms with van der Waals surface area (Å²) in [5, 5.41) is 2.90. The molecule has 1 amide bonds. The Balaban J connectivity index is 2.42. The van der Waals surface area contributed by atoms with Crippen molar-refractivity contribution >= 4 is 27.6 Å². The van der Waals surface area contributed by atoms with Crippen molar-refractivity contribution in [1.29, 1.82) is 0 Å². The minimum Gasteiger partial charge on any atom is -0.353 e. The molecule has 0 aliphatic heterocycles. The number of hydrogen-bond acceptors (Lipinski definition) is 2. The molecule has 4 heteroatoms. The number of Topliss-reactive ketones (excluding diaryl/α,β-unsaturated/α-hetero) is 1. The first-order valence-electron chi connectivity index (χ1n) is 6.48. The molecule has 1 aromatic carbocycles. The van der Waals surface area contributed by atoms with Crippen molar-refractivity contribution in [2.75, 3.05) is 0 Å². The summed E-state index contributed by atoms with van der Waals surface area (Å²) < 4.78 is 0.938. The van der Waals surface area contributed by atoms with Gasteiger partial charge in [-0.05, 0) is 25.0 Å². The van der Waals surface area contributed by atoms with E-state index in [1.54, 1.807) is 12.1 Å². The fourth-order valence-corrected chi connectivity index (χ4v) is 1.76. The van der Waals surface area contributed by atoms with Crippen molar-refractivity contribution in [3.8, 4) is 0 Å². The van der Waals surface area contributed by atoms with Gasteiger partial charge in [-0.15, -0.1) is 0 Å². The summed E-state index contributed by atoms with van der Waals surface area (Å²) in [4.78, 5) is 23.6. The van der Waals surface area contributed by atoms with Crippen molar-refractivity contribution in [1.82, 2.24) is 5.32 Å². The Bertz CT molecular complexity index is 440. The molecule has 0 aliphatic carbocycles. The minimum absolute atomic E-state index is 0.000139. The van der Waals surface area contributed by atoms with Gasteiger partial charge < -0.3 is 5.32 Å². The van der Waals surface area contributed by atoms with Crippen molar-refractivity contribution < 1.29 is 9.59 Å². The molecular weight excluding hydrogens is 306 g/mol. The number of halogens is 1. The lowest BCUT2D eigenvalue weighted by molar-refractivity contribution is -0.121. The summed E-state index contributed by atoms with van der Waals surface area (Å²) in [6.45, 7) is 6.08. The van der Waals surface area contributed by atoms with Gasteiger partial charge in [0.1, 0.15) is 0 Å². The highest BCUT2D eigenvalue weighted by atomic mass is 79.9. The highest BCUT2D eigenvalue weighted by Crippen LogP contribution is 2.12. The molecule has 0 bridgehead atoms. The molecule has 0 saturated heterocycles. The van der Waals surface area contributed by atoms with Crippen LogP contribution >= 0.6 is 15.9 Å². The van der Waals surface area contributed by atoms with E-state index in [1.165, 1.54) is 0 Å². The van der Waals surface area contributed by atoms with Gasteiger partial charge in [0.15, 0.2) is 5.78 Å². The third-order valence-electron chi connectivity index (χ3n) is 3.13. The van der Waals surface area contributed by atoms with Gasteiger partial charge in [0, 0.05) is 28.9 Å². The Morgan fingerprint density at radius 3 is 2.21 bits per heavy atom. The van der Waals surface area contributed by atoms with E-state index in [1.807, 2.05) is 19.1 Å². The molecule has 0 spiro atoms. The zero-order valence-electron chi connectivity index (χ0n) is 11.6. The summed E-state index contributed by atoms with van der Waals surface area (Å²) >= 11 is 3.32. The highest BCUT2D eigenvalue weighted by molar-refractivity contribution is 9.10. The average molecular weight is 326 g/mol. The first kappa shape index (κ1) is 15.9. The molecule has 0 fully saturated rings. The number of carbonyl (C=O) groups is 2. The number of carbonyl (C=O) groups excluding carboxylic acids is 2. The van der Waals surface area contributed by atoms with Crippen LogP contribution in [0.5, 0.6) is 0 Å². The van der Waals surface area contributed by atoms with Gasteiger partial charge >= 0.3 is 0 Å². The van der Waals surface area contributed by atoms with Crippen molar-refractivity contribution in [3.63, 3.8) is 0 Å². The third-order valence-corrected chi connectivity index (χ3v) is 3.66. The van der Waals surface area contributed by atoms with E-state index in [2.05, 4.69) is 35.1 Å². The summed E-state index contributed by atoms with van der Waals surface area (Å²) in [6.07, 6.45) is 0.490. The van der Waals surface area contributed by atoms with Gasteiger partial charge in [-0.2, -0.15) is 0 Å². The van der Waals surface area contributed by atoms with E-state index < -0.39 is 0 Å². The quantitative estimate of drug-likeness (QED) is 0.812. The lowest BCUT2D eigenvalue weighted by atomic mass is 10.0. The van der Waals surface area contributed by atoms with Gasteiger partial charge in [-0.1, -0.05) is 41.9 Å². The molecule has 104 valence electrons. The summed E-state index contributed by atoms with van der Waals surface area (Å²) in [7, 11) is 0. The Morgan fingerprint density at radius 1 is 1.11 bits per heavy atom. The number of ketones is 1. The summed E-state index contributed by atoms with van der Waals surface area (Å²) in [6, 6.07) is 7.32. The molecule has 19 heavy (non-hydrogen) atoms. The standard InChI is InChI=1S/C15H20BrNO2/c1-10(2)11(3)17-15(19)9-8-14(18)12-4-6-13(16)7-5-12/h4-7,10-11H,8-9H2,1-3H3,(H,17,19)/t11-/m1/s1. The summed E-state index contributed by atoms with van der Waals surface area (Å²) in [5.74, 6) is 0.331. The first-order chi connectivity index (χ1) is 8.90. The zero-order valence-corrected chi connectivity index (χ0v) is 13.2. The topological polar surface area (TPSA) is 46.2 Å². The lowest BCUT2D eigenvalue weighted by Gasteiger charge is -2.17. The molecule has 0 saturated carbocycles. The number of benzene rings is 1. The van der Waals surface area contributed by atoms with E-state index in [-0.39, 0.29) is 30.6 Å². The van der Waals surface area contributed by atoms with Crippen LogP contribution in [0.2, 0.25) is 0 Å². The molecule has 1 rings (SSSR count). The second kappa shape index (κ2) is 7.43. The van der Waals surface area contributed by atoms with Crippen LogP contribution in [0, 0.1) is 5.92 Å². The third kappa shape index (κ3) is 5.55. The zero-order chi connectivity index (χ0) is 14.4. The van der Waals surface area contributed by atoms with Crippen LogP contribution < -0.4 is 5.32 Å². The van der Waals surface area contributed by atoms with E-state index in [9.17, 15) is 9.59 Å². The predicted octanol–water partition coefficient (Wildman–Crippen LogP) is 3.57. The Hall–Kier alpha value is -1.16. The fourth-order valence-electron chi connectivity index (χ4n) is 1.50. The van der Waals surface area contributed by atoms with Crippen LogP contribution in [-0.2, 0) is 4.79 Å². The van der Waals surface area contributed by atoms with Gasteiger partial charge in [0.25, 0.3) is 0 Å². The van der Waals surface area contributed by atoms with Crippen LogP contribution in [0.3, 0.4) is 0 Å². The molecule has 1 aromatic rings. The van der Waals surface area contributed by atoms with Crippen molar-refractivity contribution in [2.45, 2.75) is 39.7 Å². The molecule has 0 radical (unpaired) electrons. The van der Waals surface area contributed by atoms with Gasteiger partial charge in [0.05, 0.1) is 0 Å². The number of nitrogens with one attached hydrogen (secondary N) is 1. The second-order valence-electron chi connectivity index (χ2n) is 5.03. The number of hydrogen-bond donors (Lipinski definition) is 1. The number of rotatable bonds is 6. The maximum absolute atomic E-state index is 11.9. The van der Waals surface area contributed by atoms with Crippen LogP contribution in [0.4, 0.5) is 0 Å². The second-order valence-corrected chi connectivity index (χ2v) is 5.95. The summed E-state index contributed by atoms with van der Waals surface area (Å²) in [5.41, 5.74) is 0.646. The molecule has 1 atom stereocenters. The fraction of sp³-hybridized carbons (Fsp3) is 0.467. The molecule has 0 aliphatic rings. The van der Waals surface area contributed by atoms with Crippen LogP contribution in [0.1, 0.15) is 44.0 Å². The van der Waals surface area contributed by atoms with E-state index in [0.29, 0.717) is 11.5 Å². The molecule has 3 nitrogen and oxygen atoms in total. The normalized spacial score (nSPS) is 12.3. The molecular formula is C15H20BrNO2. The lowest BCUT2D eigenvalue weighted by Crippen LogP contribution is -2.36. The van der Waals surface area contributed by atoms with Crippen molar-refractivity contribution in [3.05, 3.63) is 34.3 Å². The minimum atomic E-state index is -0.0633. The first-order valence-corrected chi connectivity index (χ1v) is 7.27. The Labute approximate surface area is 122 Å². The van der Waals surface area contributed by atoms with Gasteiger partial charge in [0.2, 0.25) is 5.91 Å². The van der Waals surface area contributed by atoms with E-state index in [0.717, 1.165) is 4.47 Å². The Kier molecular flexibility index (Phi) is 6.22. The smallest absolute Gasteiger partial charge is 0.220 e. The Morgan fingerprint density at radius 2 is 1.68 bits per heavy atom. The molecule has 1 N–H and O–H groups in total. The van der Waals surface area contributed by atoms with Crippen LogP contribution in [-0.4, -0.2) is 17.7 Å². The maximum atomic E-state index is 11.9. The van der Waals surface area contributed by atoms with Gasteiger partial charge in [-0.25, -0.2) is 0 Å². The van der Waals surface area contributed by atoms with E-state index in [4.69, 9.17) is 0 Å². The monoisotopic (exact) mass is 325 g/mol. The average Bonchev–Trinajstić information content (AvgIpc) is 2.36. The number of amides is 1. The van der Waals surface area contributed by atoms with E-state index >= 15 is 0 Å². The predicted molar refractivity (Wildman–Crippen MR) is 80.1 cm³/mol. The van der Waals surface area contributed by atoms with Crippen LogP contribution in [0.15, 0.2) is 28.7 Å². The van der Waals surface area contributed by atoms with Gasteiger partial charge in [-0.3, -0.25) is 9.59 Å². The van der Waals surface area contributed by atoms with Crippen LogP contribution in [0.25, 0.3) is 0 Å². The molecule has 0 unspecified atom stereocenters. The SMILES string of the molecule is CC(C)[C@@H](C)NC(=O)CCC(=O)c1ccc(Br)cc1.